The van der Waals surface area contributed by atoms with Gasteiger partial charge in [-0.15, -0.1) is 10.2 Å². The minimum Gasteiger partial charge on any atom is -0.462 e. The van der Waals surface area contributed by atoms with Crippen LogP contribution < -0.4 is 5.32 Å². The highest BCUT2D eigenvalue weighted by Crippen LogP contribution is 2.30. The van der Waals surface area contributed by atoms with E-state index in [0.29, 0.717) is 27.8 Å². The number of amides is 3. The molecule has 3 aromatic carbocycles. The highest BCUT2D eigenvalue weighted by Gasteiger charge is 2.32. The molecular formula is C27H22N4O6S. The Morgan fingerprint density at radius 3 is 2.32 bits per heavy atom. The lowest BCUT2D eigenvalue weighted by atomic mass is 9.94. The predicted molar refractivity (Wildman–Crippen MR) is 139 cm³/mol. The van der Waals surface area contributed by atoms with Gasteiger partial charge in [0.15, 0.2) is 0 Å². The summed E-state index contributed by atoms with van der Waals surface area (Å²) < 4.78 is 10.5. The number of nitrogens with one attached hydrogen (secondary N) is 1. The van der Waals surface area contributed by atoms with Gasteiger partial charge in [-0.25, -0.2) is 4.79 Å². The Kier molecular flexibility index (Phi) is 7.18. The number of hydrogen-bond acceptors (Lipinski definition) is 9. The molecule has 38 heavy (non-hydrogen) atoms. The van der Waals surface area contributed by atoms with Crippen molar-refractivity contribution < 1.29 is 28.3 Å². The van der Waals surface area contributed by atoms with Crippen molar-refractivity contribution in [2.45, 2.75) is 18.6 Å². The number of ether oxygens (including phenoxy) is 1. The predicted octanol–water partition coefficient (Wildman–Crippen LogP) is 3.97. The number of anilines is 1. The fourth-order valence-electron chi connectivity index (χ4n) is 4.12. The highest BCUT2D eigenvalue weighted by atomic mass is 32.2. The Morgan fingerprint density at radius 1 is 0.974 bits per heavy atom. The first-order chi connectivity index (χ1) is 18.4. The van der Waals surface area contributed by atoms with Crippen LogP contribution in [-0.4, -0.2) is 57.7 Å². The van der Waals surface area contributed by atoms with Crippen LogP contribution in [0.25, 0.3) is 10.8 Å². The largest absolute Gasteiger partial charge is 0.462 e. The molecule has 0 saturated carbocycles. The summed E-state index contributed by atoms with van der Waals surface area (Å²) in [5.74, 6) is -1.17. The van der Waals surface area contributed by atoms with Gasteiger partial charge in [0.05, 0.1) is 17.9 Å². The summed E-state index contributed by atoms with van der Waals surface area (Å²) >= 11 is 1.06. The van der Waals surface area contributed by atoms with Gasteiger partial charge in [-0.05, 0) is 48.7 Å². The third kappa shape index (κ3) is 5.14. The molecule has 1 aliphatic heterocycles. The minimum atomic E-state index is -0.427. The van der Waals surface area contributed by atoms with E-state index >= 15 is 0 Å². The van der Waals surface area contributed by atoms with E-state index in [1.807, 2.05) is 12.1 Å². The first-order valence-electron chi connectivity index (χ1n) is 11.8. The molecule has 1 aliphatic rings. The van der Waals surface area contributed by atoms with Crippen LogP contribution >= 0.6 is 11.8 Å². The lowest BCUT2D eigenvalue weighted by Gasteiger charge is -2.26. The topological polar surface area (TPSA) is 132 Å². The van der Waals surface area contributed by atoms with Crippen molar-refractivity contribution in [2.75, 3.05) is 24.2 Å². The van der Waals surface area contributed by atoms with Gasteiger partial charge >= 0.3 is 5.97 Å². The molecule has 0 spiro atoms. The molecule has 192 valence electrons. The van der Waals surface area contributed by atoms with Crippen LogP contribution in [0, 0.1) is 0 Å². The van der Waals surface area contributed by atoms with Crippen molar-refractivity contribution in [3.05, 3.63) is 83.2 Å². The summed E-state index contributed by atoms with van der Waals surface area (Å²) in [6.07, 6.45) is 0.183. The van der Waals surface area contributed by atoms with Crippen LogP contribution in [-0.2, 0) is 16.0 Å². The molecule has 0 radical (unpaired) electrons. The van der Waals surface area contributed by atoms with Gasteiger partial charge in [-0.2, -0.15) is 0 Å². The summed E-state index contributed by atoms with van der Waals surface area (Å²) in [5, 5.41) is 12.4. The molecule has 4 aromatic rings. The molecule has 0 aliphatic carbocycles. The molecule has 0 saturated heterocycles. The van der Waals surface area contributed by atoms with E-state index in [1.165, 1.54) is 4.90 Å². The molecule has 0 unspecified atom stereocenters. The van der Waals surface area contributed by atoms with Gasteiger partial charge < -0.3 is 14.5 Å². The number of thioether (sulfide) groups is 1. The molecule has 10 nitrogen and oxygen atoms in total. The SMILES string of the molecule is CCOC(=O)c1ccc(NC(=O)CSc2nnc(CCN3C(=O)c4cccc5cccc(c45)C3=O)o2)cc1. The van der Waals surface area contributed by atoms with Crippen molar-refractivity contribution in [1.29, 1.82) is 0 Å². The zero-order valence-electron chi connectivity index (χ0n) is 20.3. The summed E-state index contributed by atoms with van der Waals surface area (Å²) in [4.78, 5) is 51.2. The van der Waals surface area contributed by atoms with Gasteiger partial charge in [0, 0.05) is 35.2 Å². The first kappa shape index (κ1) is 25.2. The van der Waals surface area contributed by atoms with Gasteiger partial charge in [0.2, 0.25) is 11.8 Å². The fourth-order valence-corrected chi connectivity index (χ4v) is 4.70. The lowest BCUT2D eigenvalue weighted by Crippen LogP contribution is -2.41. The van der Waals surface area contributed by atoms with E-state index in [0.717, 1.165) is 17.1 Å². The Balaban J connectivity index is 1.14. The van der Waals surface area contributed by atoms with Gasteiger partial charge in [-0.3, -0.25) is 19.3 Å². The Labute approximate surface area is 221 Å². The number of imide groups is 1. The number of carbonyl (C=O) groups is 4. The molecule has 5 rings (SSSR count). The van der Waals surface area contributed by atoms with Gasteiger partial charge in [-0.1, -0.05) is 36.0 Å². The quantitative estimate of drug-likeness (QED) is 0.194. The van der Waals surface area contributed by atoms with Crippen molar-refractivity contribution in [3.63, 3.8) is 0 Å². The van der Waals surface area contributed by atoms with Crippen molar-refractivity contribution in [1.82, 2.24) is 15.1 Å². The second-order valence-corrected chi connectivity index (χ2v) is 9.24. The standard InChI is InChI=1S/C27H22N4O6S/c1-2-36-26(35)17-9-11-18(12-10-17)28-21(32)15-38-27-30-29-22(37-27)13-14-31-24(33)19-7-3-5-16-6-4-8-20(23(16)19)25(31)34/h3-12H,2,13-15H2,1H3,(H,28,32). The summed E-state index contributed by atoms with van der Waals surface area (Å²) in [7, 11) is 0. The maximum absolute atomic E-state index is 13.0. The van der Waals surface area contributed by atoms with Crippen molar-refractivity contribution in [2.24, 2.45) is 0 Å². The number of rotatable bonds is 9. The number of carbonyl (C=O) groups excluding carboxylic acids is 4. The molecule has 0 fully saturated rings. The third-order valence-corrected chi connectivity index (χ3v) is 6.68. The number of benzene rings is 3. The second-order valence-electron chi connectivity index (χ2n) is 8.32. The van der Waals surface area contributed by atoms with Crippen molar-refractivity contribution >= 4 is 51.9 Å². The van der Waals surface area contributed by atoms with Crippen LogP contribution in [0.2, 0.25) is 0 Å². The van der Waals surface area contributed by atoms with E-state index < -0.39 is 5.97 Å². The molecule has 3 amide bonds. The zero-order valence-corrected chi connectivity index (χ0v) is 21.1. The van der Waals surface area contributed by atoms with E-state index in [2.05, 4.69) is 15.5 Å². The molecular weight excluding hydrogens is 508 g/mol. The minimum absolute atomic E-state index is 0.0190. The number of nitrogens with zero attached hydrogens (tertiary/aromatic N) is 3. The number of aromatic nitrogens is 2. The van der Waals surface area contributed by atoms with E-state index in [1.54, 1.807) is 55.5 Å². The fraction of sp³-hybridized carbons (Fsp3) is 0.185. The molecule has 1 aromatic heterocycles. The molecule has 2 heterocycles. The lowest BCUT2D eigenvalue weighted by molar-refractivity contribution is -0.113. The second kappa shape index (κ2) is 10.9. The third-order valence-electron chi connectivity index (χ3n) is 5.86. The monoisotopic (exact) mass is 530 g/mol. The first-order valence-corrected chi connectivity index (χ1v) is 12.8. The number of esters is 1. The van der Waals surface area contributed by atoms with Crippen LogP contribution in [0.5, 0.6) is 0 Å². The Morgan fingerprint density at radius 2 is 1.66 bits per heavy atom. The normalized spacial score (nSPS) is 12.6. The van der Waals surface area contributed by atoms with E-state index in [9.17, 15) is 19.2 Å². The van der Waals surface area contributed by atoms with E-state index in [-0.39, 0.29) is 54.2 Å². The zero-order chi connectivity index (χ0) is 26.6. The summed E-state index contributed by atoms with van der Waals surface area (Å²) in [6, 6.07) is 17.1. The average molecular weight is 531 g/mol. The molecule has 1 N–H and O–H groups in total. The van der Waals surface area contributed by atoms with Crippen LogP contribution in [0.1, 0.15) is 43.9 Å². The summed E-state index contributed by atoms with van der Waals surface area (Å²) in [5.41, 5.74) is 1.90. The van der Waals surface area contributed by atoms with Gasteiger partial charge in [0.25, 0.3) is 17.0 Å². The van der Waals surface area contributed by atoms with Crippen LogP contribution in [0.4, 0.5) is 5.69 Å². The molecule has 0 atom stereocenters. The Bertz CT molecular complexity index is 1500. The van der Waals surface area contributed by atoms with Crippen LogP contribution in [0.3, 0.4) is 0 Å². The van der Waals surface area contributed by atoms with Crippen LogP contribution in [0.15, 0.2) is 70.3 Å². The summed E-state index contributed by atoms with van der Waals surface area (Å²) in [6.45, 7) is 2.09. The van der Waals surface area contributed by atoms with Crippen molar-refractivity contribution in [3.8, 4) is 0 Å². The number of hydrogen-bond donors (Lipinski definition) is 1. The Hall–Kier alpha value is -4.51. The average Bonchev–Trinajstić information content (AvgIpc) is 3.39. The smallest absolute Gasteiger partial charge is 0.338 e. The highest BCUT2D eigenvalue weighted by molar-refractivity contribution is 7.99. The van der Waals surface area contributed by atoms with Gasteiger partial charge in [0.1, 0.15) is 0 Å². The maximum atomic E-state index is 13.0. The van der Waals surface area contributed by atoms with E-state index in [4.69, 9.17) is 9.15 Å². The molecule has 0 bridgehead atoms. The maximum Gasteiger partial charge on any atom is 0.338 e. The molecule has 11 heteroatoms.